The summed E-state index contributed by atoms with van der Waals surface area (Å²) in [5.41, 5.74) is 0.901. The normalized spacial score (nSPS) is 9.74. The van der Waals surface area contributed by atoms with Crippen molar-refractivity contribution >= 4 is 12.0 Å². The molecule has 3 N–H and O–H groups in total. The van der Waals surface area contributed by atoms with Gasteiger partial charge in [0.2, 0.25) is 5.91 Å². The van der Waals surface area contributed by atoms with Gasteiger partial charge in [0.05, 0.1) is 6.61 Å². The van der Waals surface area contributed by atoms with Crippen LogP contribution in [0.15, 0.2) is 30.3 Å². The molecule has 0 aliphatic rings. The van der Waals surface area contributed by atoms with E-state index in [0.717, 1.165) is 5.56 Å². The van der Waals surface area contributed by atoms with E-state index in [1.165, 1.54) is 0 Å². The van der Waals surface area contributed by atoms with Gasteiger partial charge in [-0.05, 0) is 5.56 Å². The Kier molecular flexibility index (Phi) is 7.04. The van der Waals surface area contributed by atoms with Crippen LogP contribution in [0.2, 0.25) is 0 Å². The second-order valence-corrected chi connectivity index (χ2v) is 3.81. The zero-order valence-corrected chi connectivity index (χ0v) is 10.6. The number of hydrogen-bond donors (Lipinski definition) is 3. The fourth-order valence-corrected chi connectivity index (χ4v) is 1.34. The molecule has 1 aromatic rings. The van der Waals surface area contributed by atoms with Gasteiger partial charge in [-0.25, -0.2) is 4.79 Å². The van der Waals surface area contributed by atoms with E-state index in [2.05, 4.69) is 10.6 Å². The van der Waals surface area contributed by atoms with Gasteiger partial charge in [-0.2, -0.15) is 0 Å². The number of amides is 2. The number of nitrogens with one attached hydrogen (secondary N) is 2. The van der Waals surface area contributed by atoms with Crippen LogP contribution in [0.1, 0.15) is 12.0 Å². The second-order valence-electron chi connectivity index (χ2n) is 3.81. The zero-order valence-electron chi connectivity index (χ0n) is 10.6. The monoisotopic (exact) mass is 266 g/mol. The van der Waals surface area contributed by atoms with Crippen molar-refractivity contribution in [3.05, 3.63) is 35.9 Å². The zero-order chi connectivity index (χ0) is 13.9. The van der Waals surface area contributed by atoms with Crippen molar-refractivity contribution in [2.24, 2.45) is 0 Å². The lowest BCUT2D eigenvalue weighted by molar-refractivity contribution is -0.121. The van der Waals surface area contributed by atoms with Crippen molar-refractivity contribution in [1.82, 2.24) is 10.6 Å². The first-order valence-electron chi connectivity index (χ1n) is 6.04. The number of aliphatic hydroxyl groups is 1. The maximum Gasteiger partial charge on any atom is 0.407 e. The number of benzene rings is 1. The number of hydrogen-bond acceptors (Lipinski definition) is 4. The first kappa shape index (κ1) is 15.0. The summed E-state index contributed by atoms with van der Waals surface area (Å²) in [4.78, 5) is 22.5. The predicted molar refractivity (Wildman–Crippen MR) is 69.3 cm³/mol. The quantitative estimate of drug-likeness (QED) is 0.667. The standard InChI is InChI=1S/C13H18N2O4/c16-9-8-14-12(17)6-7-15-13(18)19-10-11-4-2-1-3-5-11/h1-5,16H,6-10H2,(H,14,17)(H,15,18). The van der Waals surface area contributed by atoms with Gasteiger partial charge in [0.25, 0.3) is 0 Å². The van der Waals surface area contributed by atoms with Crippen molar-refractivity contribution < 1.29 is 19.4 Å². The maximum atomic E-state index is 11.3. The highest BCUT2D eigenvalue weighted by Crippen LogP contribution is 2.00. The molecule has 0 radical (unpaired) electrons. The van der Waals surface area contributed by atoms with E-state index < -0.39 is 6.09 Å². The molecule has 0 atom stereocenters. The number of ether oxygens (including phenoxy) is 1. The Morgan fingerprint density at radius 2 is 1.84 bits per heavy atom. The average Bonchev–Trinajstić information content (AvgIpc) is 2.44. The summed E-state index contributed by atoms with van der Waals surface area (Å²) in [5, 5.41) is 13.5. The fraction of sp³-hybridized carbons (Fsp3) is 0.385. The van der Waals surface area contributed by atoms with Crippen LogP contribution in [0.3, 0.4) is 0 Å². The third kappa shape index (κ3) is 7.05. The van der Waals surface area contributed by atoms with Gasteiger partial charge in [0, 0.05) is 19.5 Å². The lowest BCUT2D eigenvalue weighted by Gasteiger charge is -2.07. The third-order valence-electron chi connectivity index (χ3n) is 2.27. The molecule has 1 rings (SSSR count). The van der Waals surface area contributed by atoms with Gasteiger partial charge in [-0.15, -0.1) is 0 Å². The van der Waals surface area contributed by atoms with Crippen LogP contribution < -0.4 is 10.6 Å². The minimum atomic E-state index is -0.557. The maximum absolute atomic E-state index is 11.3. The Labute approximate surface area is 111 Å². The molecule has 0 spiro atoms. The van der Waals surface area contributed by atoms with E-state index in [0.29, 0.717) is 0 Å². The van der Waals surface area contributed by atoms with E-state index in [4.69, 9.17) is 9.84 Å². The molecule has 2 amide bonds. The molecular weight excluding hydrogens is 248 g/mol. The molecule has 0 bridgehead atoms. The molecule has 0 aliphatic carbocycles. The van der Waals surface area contributed by atoms with Gasteiger partial charge in [-0.3, -0.25) is 4.79 Å². The first-order chi connectivity index (χ1) is 9.22. The largest absolute Gasteiger partial charge is 0.445 e. The average molecular weight is 266 g/mol. The molecule has 104 valence electrons. The number of aliphatic hydroxyl groups excluding tert-OH is 1. The van der Waals surface area contributed by atoms with Gasteiger partial charge in [0.15, 0.2) is 0 Å². The number of carbonyl (C=O) groups excluding carboxylic acids is 2. The molecular formula is C13H18N2O4. The van der Waals surface area contributed by atoms with Gasteiger partial charge >= 0.3 is 6.09 Å². The molecule has 6 nitrogen and oxygen atoms in total. The first-order valence-corrected chi connectivity index (χ1v) is 6.04. The summed E-state index contributed by atoms with van der Waals surface area (Å²) >= 11 is 0. The Hall–Kier alpha value is -2.08. The summed E-state index contributed by atoms with van der Waals surface area (Å²) in [7, 11) is 0. The lowest BCUT2D eigenvalue weighted by atomic mass is 10.2. The molecule has 0 unspecified atom stereocenters. The topological polar surface area (TPSA) is 87.7 Å². The Morgan fingerprint density at radius 1 is 1.11 bits per heavy atom. The minimum absolute atomic E-state index is 0.0989. The molecule has 0 aromatic heterocycles. The Bertz CT molecular complexity index is 395. The predicted octanol–water partition coefficient (Wildman–Crippen LogP) is 0.411. The van der Waals surface area contributed by atoms with Crippen molar-refractivity contribution in [1.29, 1.82) is 0 Å². The number of carbonyl (C=O) groups is 2. The molecule has 1 aromatic carbocycles. The second kappa shape index (κ2) is 8.93. The summed E-state index contributed by atoms with van der Waals surface area (Å²) in [6, 6.07) is 9.32. The SMILES string of the molecule is O=C(CCNC(=O)OCc1ccccc1)NCCO. The molecule has 6 heteroatoms. The summed E-state index contributed by atoms with van der Waals surface area (Å²) in [6.07, 6.45) is -0.403. The van der Waals surface area contributed by atoms with Crippen LogP contribution in [-0.4, -0.2) is 36.8 Å². The van der Waals surface area contributed by atoms with Gasteiger partial charge in [0.1, 0.15) is 6.61 Å². The highest BCUT2D eigenvalue weighted by Gasteiger charge is 2.04. The lowest BCUT2D eigenvalue weighted by Crippen LogP contribution is -2.32. The van der Waals surface area contributed by atoms with Crippen LogP contribution in [0, 0.1) is 0 Å². The summed E-state index contributed by atoms with van der Waals surface area (Å²) < 4.78 is 4.97. The fourth-order valence-electron chi connectivity index (χ4n) is 1.34. The molecule has 0 saturated carbocycles. The van der Waals surface area contributed by atoms with Crippen LogP contribution in [0.5, 0.6) is 0 Å². The molecule has 19 heavy (non-hydrogen) atoms. The van der Waals surface area contributed by atoms with Crippen LogP contribution >= 0.6 is 0 Å². The van der Waals surface area contributed by atoms with E-state index >= 15 is 0 Å². The van der Waals surface area contributed by atoms with Crippen molar-refractivity contribution in [2.45, 2.75) is 13.0 Å². The van der Waals surface area contributed by atoms with Crippen molar-refractivity contribution in [3.63, 3.8) is 0 Å². The summed E-state index contributed by atoms with van der Waals surface area (Å²) in [5.74, 6) is -0.225. The van der Waals surface area contributed by atoms with Gasteiger partial charge in [-0.1, -0.05) is 30.3 Å². The third-order valence-corrected chi connectivity index (χ3v) is 2.27. The van der Waals surface area contributed by atoms with Gasteiger partial charge < -0.3 is 20.5 Å². The molecule has 0 aliphatic heterocycles. The molecule has 0 heterocycles. The van der Waals surface area contributed by atoms with E-state index in [1.54, 1.807) is 0 Å². The number of alkyl carbamates (subject to hydrolysis) is 1. The van der Waals surface area contributed by atoms with E-state index in [1.807, 2.05) is 30.3 Å². The van der Waals surface area contributed by atoms with Crippen LogP contribution in [0.4, 0.5) is 4.79 Å². The van der Waals surface area contributed by atoms with Crippen LogP contribution in [-0.2, 0) is 16.1 Å². The Morgan fingerprint density at radius 3 is 2.53 bits per heavy atom. The molecule has 0 fully saturated rings. The van der Waals surface area contributed by atoms with Crippen LogP contribution in [0.25, 0.3) is 0 Å². The smallest absolute Gasteiger partial charge is 0.407 e. The molecule has 0 saturated heterocycles. The van der Waals surface area contributed by atoms with E-state index in [-0.39, 0.29) is 38.6 Å². The van der Waals surface area contributed by atoms with E-state index in [9.17, 15) is 9.59 Å². The summed E-state index contributed by atoms with van der Waals surface area (Å²) in [6.45, 7) is 0.518. The number of rotatable bonds is 7. The Balaban J connectivity index is 2.10. The minimum Gasteiger partial charge on any atom is -0.445 e. The highest BCUT2D eigenvalue weighted by atomic mass is 16.5. The van der Waals surface area contributed by atoms with Crippen molar-refractivity contribution in [2.75, 3.05) is 19.7 Å². The van der Waals surface area contributed by atoms with Crippen molar-refractivity contribution in [3.8, 4) is 0 Å². The highest BCUT2D eigenvalue weighted by molar-refractivity contribution is 5.76.